The molecule has 0 rings (SSSR count). The van der Waals surface area contributed by atoms with Crippen LogP contribution in [0.2, 0.25) is 0 Å². The van der Waals surface area contributed by atoms with Gasteiger partial charge in [0.2, 0.25) is 0 Å². The summed E-state index contributed by atoms with van der Waals surface area (Å²) in [5, 5.41) is 43.3. The average Bonchev–Trinajstić information content (AvgIpc) is 2.11. The van der Waals surface area contributed by atoms with Crippen LogP contribution in [-0.2, 0) is 4.74 Å². The molecule has 0 aliphatic heterocycles. The fourth-order valence-corrected chi connectivity index (χ4v) is 0.570. The summed E-state index contributed by atoms with van der Waals surface area (Å²) < 4.78 is 4.46. The summed E-state index contributed by atoms with van der Waals surface area (Å²) in [6.45, 7) is -1.10. The number of aliphatic hydroxyl groups excluding tert-OH is 5. The van der Waals surface area contributed by atoms with Crippen LogP contribution in [0, 0.1) is 0 Å². The molecule has 5 N–H and O–H groups in total. The molecule has 6 nitrogen and oxygen atoms in total. The van der Waals surface area contributed by atoms with Gasteiger partial charge in [-0.1, -0.05) is 0 Å². The van der Waals surface area contributed by atoms with Crippen molar-refractivity contribution in [1.82, 2.24) is 0 Å². The molecule has 3 unspecified atom stereocenters. The van der Waals surface area contributed by atoms with Gasteiger partial charge in [0, 0.05) is 0 Å². The molecule has 12 heavy (non-hydrogen) atoms. The van der Waals surface area contributed by atoms with Crippen molar-refractivity contribution in [3.8, 4) is 0 Å². The van der Waals surface area contributed by atoms with Gasteiger partial charge in [-0.25, -0.2) is 0 Å². The van der Waals surface area contributed by atoms with Crippen LogP contribution >= 0.6 is 0 Å². The van der Waals surface area contributed by atoms with Crippen molar-refractivity contribution < 1.29 is 30.3 Å². The molecule has 0 saturated heterocycles. The molecule has 74 valence electrons. The molecule has 0 radical (unpaired) electrons. The third-order valence-electron chi connectivity index (χ3n) is 1.25. The molecule has 0 aromatic carbocycles. The lowest BCUT2D eigenvalue weighted by Crippen LogP contribution is -2.41. The minimum Gasteiger partial charge on any atom is -0.394 e. The Morgan fingerprint density at radius 2 is 1.67 bits per heavy atom. The predicted octanol–water partition coefficient (Wildman–Crippen LogP) is -2.97. The first-order valence-electron chi connectivity index (χ1n) is 3.51. The highest BCUT2D eigenvalue weighted by molar-refractivity contribution is 4.68. The molecule has 0 saturated carbocycles. The van der Waals surface area contributed by atoms with Crippen molar-refractivity contribution in [2.45, 2.75) is 18.5 Å². The van der Waals surface area contributed by atoms with E-state index in [0.29, 0.717) is 0 Å². The van der Waals surface area contributed by atoms with Gasteiger partial charge < -0.3 is 30.3 Å². The van der Waals surface area contributed by atoms with Gasteiger partial charge in [-0.2, -0.15) is 0 Å². The van der Waals surface area contributed by atoms with Gasteiger partial charge in [0.05, 0.1) is 19.8 Å². The Balaban J connectivity index is 3.67. The lowest BCUT2D eigenvalue weighted by Gasteiger charge is -2.20. The van der Waals surface area contributed by atoms with E-state index < -0.39 is 25.1 Å². The van der Waals surface area contributed by atoms with E-state index in [9.17, 15) is 0 Å². The molecule has 0 aromatic heterocycles. The van der Waals surface area contributed by atoms with Crippen molar-refractivity contribution in [3.05, 3.63) is 0 Å². The van der Waals surface area contributed by atoms with E-state index in [2.05, 4.69) is 4.74 Å². The summed E-state index contributed by atoms with van der Waals surface area (Å²) in [6.07, 6.45) is -4.61. The van der Waals surface area contributed by atoms with Crippen molar-refractivity contribution in [2.75, 3.05) is 19.8 Å². The first kappa shape index (κ1) is 11.8. The van der Waals surface area contributed by atoms with Crippen molar-refractivity contribution in [3.63, 3.8) is 0 Å². The van der Waals surface area contributed by atoms with Gasteiger partial charge in [0.1, 0.15) is 12.2 Å². The van der Waals surface area contributed by atoms with Crippen molar-refractivity contribution in [2.24, 2.45) is 0 Å². The maximum atomic E-state index is 8.95. The zero-order valence-electron chi connectivity index (χ0n) is 6.50. The highest BCUT2D eigenvalue weighted by Gasteiger charge is 2.24. The van der Waals surface area contributed by atoms with E-state index in [4.69, 9.17) is 25.5 Å². The Labute approximate surface area is 69.6 Å². The van der Waals surface area contributed by atoms with Gasteiger partial charge in [-0.3, -0.25) is 0 Å². The van der Waals surface area contributed by atoms with Gasteiger partial charge in [0.25, 0.3) is 0 Å². The molecule has 0 spiro atoms. The van der Waals surface area contributed by atoms with Gasteiger partial charge >= 0.3 is 0 Å². The Bertz CT molecular complexity index is 108. The quantitative estimate of drug-likeness (QED) is 0.280. The van der Waals surface area contributed by atoms with Crippen LogP contribution in [0.4, 0.5) is 0 Å². The van der Waals surface area contributed by atoms with Crippen LogP contribution in [0.1, 0.15) is 0 Å². The summed E-state index contributed by atoms with van der Waals surface area (Å²) in [5.74, 6) is 0. The zero-order chi connectivity index (χ0) is 9.56. The van der Waals surface area contributed by atoms with Gasteiger partial charge in [-0.05, 0) is 0 Å². The minimum atomic E-state index is -1.60. The topological polar surface area (TPSA) is 110 Å². The van der Waals surface area contributed by atoms with E-state index in [1.165, 1.54) is 0 Å². The molecule has 0 aliphatic carbocycles. The molecular weight excluding hydrogens is 168 g/mol. The van der Waals surface area contributed by atoms with Crippen LogP contribution in [0.3, 0.4) is 0 Å². The molecule has 6 heteroatoms. The Morgan fingerprint density at radius 1 is 1.08 bits per heavy atom. The molecule has 0 aromatic rings. The Hall–Kier alpha value is -0.240. The number of rotatable bonds is 6. The Kier molecular flexibility index (Phi) is 6.17. The molecule has 0 heterocycles. The largest absolute Gasteiger partial charge is 0.394 e. The summed E-state index contributed by atoms with van der Waals surface area (Å²) in [4.78, 5) is 0. The fourth-order valence-electron chi connectivity index (χ4n) is 0.570. The standard InChI is InChI=1S/C6H14O6/c7-1-2-12-6(11)5(10)4(9)3-8/h4-11H,1-3H2. The molecule has 3 atom stereocenters. The predicted molar refractivity (Wildman–Crippen MR) is 38.1 cm³/mol. The summed E-state index contributed by atoms with van der Waals surface area (Å²) in [6, 6.07) is 0. The van der Waals surface area contributed by atoms with E-state index >= 15 is 0 Å². The molecule has 0 fully saturated rings. The smallest absolute Gasteiger partial charge is 0.183 e. The van der Waals surface area contributed by atoms with E-state index in [-0.39, 0.29) is 13.2 Å². The second-order valence-corrected chi connectivity index (χ2v) is 2.23. The van der Waals surface area contributed by atoms with Crippen LogP contribution < -0.4 is 0 Å². The van der Waals surface area contributed by atoms with Crippen molar-refractivity contribution >= 4 is 0 Å². The monoisotopic (exact) mass is 182 g/mol. The van der Waals surface area contributed by atoms with Crippen LogP contribution in [-0.4, -0.2) is 63.9 Å². The van der Waals surface area contributed by atoms with E-state index in [0.717, 1.165) is 0 Å². The van der Waals surface area contributed by atoms with Crippen LogP contribution in [0.25, 0.3) is 0 Å². The Morgan fingerprint density at radius 3 is 2.08 bits per heavy atom. The number of ether oxygens (including phenoxy) is 1. The van der Waals surface area contributed by atoms with E-state index in [1.54, 1.807) is 0 Å². The van der Waals surface area contributed by atoms with Crippen LogP contribution in [0.5, 0.6) is 0 Å². The second kappa shape index (κ2) is 6.30. The molecule has 0 bridgehead atoms. The third-order valence-corrected chi connectivity index (χ3v) is 1.25. The van der Waals surface area contributed by atoms with Crippen molar-refractivity contribution in [1.29, 1.82) is 0 Å². The lowest BCUT2D eigenvalue weighted by atomic mass is 10.2. The highest BCUT2D eigenvalue weighted by Crippen LogP contribution is 2.00. The SMILES string of the molecule is OCCOC(O)C(O)C(O)CO. The second-order valence-electron chi connectivity index (χ2n) is 2.23. The first-order valence-corrected chi connectivity index (χ1v) is 3.51. The number of hydrogen-bond acceptors (Lipinski definition) is 6. The fraction of sp³-hybridized carbons (Fsp3) is 1.00. The normalized spacial score (nSPS) is 18.8. The first-order chi connectivity index (χ1) is 5.63. The molecule has 0 amide bonds. The number of aliphatic hydroxyl groups is 5. The van der Waals surface area contributed by atoms with Gasteiger partial charge in [-0.15, -0.1) is 0 Å². The maximum absolute atomic E-state index is 8.95. The van der Waals surface area contributed by atoms with Crippen LogP contribution in [0.15, 0.2) is 0 Å². The summed E-state index contributed by atoms with van der Waals surface area (Å²) >= 11 is 0. The lowest BCUT2D eigenvalue weighted by molar-refractivity contribution is -0.195. The summed E-state index contributed by atoms with van der Waals surface area (Å²) in [7, 11) is 0. The third kappa shape index (κ3) is 3.96. The molecule has 0 aliphatic rings. The maximum Gasteiger partial charge on any atom is 0.183 e. The van der Waals surface area contributed by atoms with Gasteiger partial charge in [0.15, 0.2) is 6.29 Å². The average molecular weight is 182 g/mol. The van der Waals surface area contributed by atoms with E-state index in [1.807, 2.05) is 0 Å². The summed E-state index contributed by atoms with van der Waals surface area (Å²) in [5.41, 5.74) is 0. The number of hydrogen-bond donors (Lipinski definition) is 5. The molecular formula is C6H14O6. The zero-order valence-corrected chi connectivity index (χ0v) is 6.50. The minimum absolute atomic E-state index is 0.142. The highest BCUT2D eigenvalue weighted by atomic mass is 16.6.